The van der Waals surface area contributed by atoms with Crippen molar-refractivity contribution in [1.82, 2.24) is 0 Å². The second-order valence-corrected chi connectivity index (χ2v) is 7.27. The van der Waals surface area contributed by atoms with Crippen LogP contribution in [0.1, 0.15) is 38.8 Å². The molecule has 0 fully saturated rings. The first kappa shape index (κ1) is 29.7. The summed E-state index contributed by atoms with van der Waals surface area (Å²) in [5.41, 5.74) is 2.18. The van der Waals surface area contributed by atoms with Crippen molar-refractivity contribution in [2.24, 2.45) is 9.98 Å². The van der Waals surface area contributed by atoms with Gasteiger partial charge >= 0.3 is 0 Å². The van der Waals surface area contributed by atoms with Crippen LogP contribution in [0.25, 0.3) is 0 Å². The molecule has 2 rings (SSSR count). The molecule has 0 aliphatic rings. The zero-order chi connectivity index (χ0) is 25.1. The molecular formula is C26H30CdN6O2. The molecule has 0 unspecified atom stereocenters. The third kappa shape index (κ3) is 7.82. The zero-order valence-corrected chi connectivity index (χ0v) is 24.8. The van der Waals surface area contributed by atoms with E-state index in [1.54, 1.807) is 24.3 Å². The van der Waals surface area contributed by atoms with Crippen molar-refractivity contribution in [1.29, 1.82) is 10.5 Å². The Labute approximate surface area is 227 Å². The molecular weight excluding hydrogens is 541 g/mol. The van der Waals surface area contributed by atoms with E-state index in [2.05, 4.69) is 19.8 Å². The normalized spacial score (nSPS) is 11.5. The maximum absolute atomic E-state index is 10.3. The Bertz CT molecular complexity index is 1080. The van der Waals surface area contributed by atoms with E-state index in [4.69, 9.17) is 0 Å². The molecule has 0 aliphatic heterocycles. The van der Waals surface area contributed by atoms with E-state index < -0.39 is 0 Å². The molecule has 0 amide bonds. The van der Waals surface area contributed by atoms with Crippen molar-refractivity contribution in [2.75, 3.05) is 36.0 Å². The third-order valence-corrected chi connectivity index (χ3v) is 5.39. The number of rotatable bonds is 10. The number of hydrogen-bond donors (Lipinski definition) is 2. The Hall–Kier alpha value is -3.38. The van der Waals surface area contributed by atoms with Crippen molar-refractivity contribution in [2.45, 2.75) is 27.7 Å². The number of anilines is 2. The van der Waals surface area contributed by atoms with Gasteiger partial charge in [0.1, 0.15) is 23.6 Å². The van der Waals surface area contributed by atoms with Crippen molar-refractivity contribution in [3.8, 4) is 23.6 Å². The summed E-state index contributed by atoms with van der Waals surface area (Å²) in [5, 5.41) is 39.7. The van der Waals surface area contributed by atoms with Gasteiger partial charge in [-0.1, -0.05) is 0 Å². The zero-order valence-electron chi connectivity index (χ0n) is 20.7. The molecule has 0 saturated carbocycles. The SMILES string of the molecule is CCN(CC)c1ccc(C=N/C(C#N)=C(/C#N)N=Cc2ccc(N(CC)CC)cc2O)c(O)c1.[Cd]. The molecule has 9 heteroatoms. The van der Waals surface area contributed by atoms with Gasteiger partial charge in [-0.15, -0.1) is 0 Å². The molecule has 0 aromatic heterocycles. The average Bonchev–Trinajstić information content (AvgIpc) is 2.84. The van der Waals surface area contributed by atoms with Crippen LogP contribution in [0, 0.1) is 22.7 Å². The molecule has 2 aromatic carbocycles. The van der Waals surface area contributed by atoms with E-state index in [0.29, 0.717) is 11.1 Å². The van der Waals surface area contributed by atoms with Gasteiger partial charge in [0.25, 0.3) is 0 Å². The summed E-state index contributed by atoms with van der Waals surface area (Å²) in [7, 11) is 0. The number of aromatic hydroxyl groups is 2. The number of benzene rings is 2. The first-order chi connectivity index (χ1) is 16.4. The van der Waals surface area contributed by atoms with Gasteiger partial charge in [-0.25, -0.2) is 9.98 Å². The summed E-state index contributed by atoms with van der Waals surface area (Å²) in [6.07, 6.45) is 2.65. The first-order valence-corrected chi connectivity index (χ1v) is 11.2. The molecule has 0 aliphatic carbocycles. The molecule has 178 valence electrons. The molecule has 0 atom stereocenters. The van der Waals surface area contributed by atoms with Gasteiger partial charge in [-0.05, 0) is 52.0 Å². The van der Waals surface area contributed by atoms with E-state index in [9.17, 15) is 20.7 Å². The predicted octanol–water partition coefficient (Wildman–Crippen LogP) is 4.58. The molecule has 8 nitrogen and oxygen atoms in total. The minimum absolute atomic E-state index is 0. The topological polar surface area (TPSA) is 119 Å². The van der Waals surface area contributed by atoms with E-state index in [-0.39, 0.29) is 50.2 Å². The molecule has 0 heterocycles. The Morgan fingerprint density at radius 2 is 1.09 bits per heavy atom. The summed E-state index contributed by atoms with van der Waals surface area (Å²) in [4.78, 5) is 12.3. The first-order valence-electron chi connectivity index (χ1n) is 11.2. The summed E-state index contributed by atoms with van der Waals surface area (Å²) in [6, 6.07) is 14.1. The van der Waals surface area contributed by atoms with Crippen molar-refractivity contribution >= 4 is 23.8 Å². The number of aliphatic imine (C=N–C) groups is 2. The van der Waals surface area contributed by atoms with Gasteiger partial charge in [0, 0.05) is 101 Å². The van der Waals surface area contributed by atoms with E-state index in [1.807, 2.05) is 52.0 Å². The van der Waals surface area contributed by atoms with Gasteiger partial charge < -0.3 is 20.0 Å². The monoisotopic (exact) mass is 572 g/mol. The van der Waals surface area contributed by atoms with Crippen LogP contribution in [-0.2, 0) is 27.3 Å². The Balaban J connectivity index is 0.00000612. The maximum Gasteiger partial charge on any atom is 0.176 e. The minimum atomic E-state index is -0.203. The second-order valence-electron chi connectivity index (χ2n) is 7.27. The molecule has 0 spiro atoms. The van der Waals surface area contributed by atoms with Crippen LogP contribution in [-0.4, -0.2) is 48.8 Å². The fraction of sp³-hybridized carbons (Fsp3) is 0.308. The minimum Gasteiger partial charge on any atom is -0.507 e. The number of phenols is 2. The van der Waals surface area contributed by atoms with E-state index >= 15 is 0 Å². The number of hydrogen-bond acceptors (Lipinski definition) is 8. The van der Waals surface area contributed by atoms with Gasteiger partial charge in [-0.3, -0.25) is 0 Å². The maximum atomic E-state index is 10.3. The van der Waals surface area contributed by atoms with Crippen LogP contribution in [0.3, 0.4) is 0 Å². The number of nitrogens with zero attached hydrogens (tertiary/aromatic N) is 6. The smallest absolute Gasteiger partial charge is 0.176 e. The van der Waals surface area contributed by atoms with Crippen molar-refractivity contribution in [3.63, 3.8) is 0 Å². The number of allylic oxidation sites excluding steroid dienone is 2. The van der Waals surface area contributed by atoms with Crippen LogP contribution in [0.2, 0.25) is 0 Å². The molecule has 0 radical (unpaired) electrons. The number of nitriles is 2. The Morgan fingerprint density at radius 1 is 0.743 bits per heavy atom. The van der Waals surface area contributed by atoms with Gasteiger partial charge in [0.05, 0.1) is 0 Å². The summed E-state index contributed by atoms with van der Waals surface area (Å²) in [6.45, 7) is 11.4. The molecule has 35 heavy (non-hydrogen) atoms. The summed E-state index contributed by atoms with van der Waals surface area (Å²) < 4.78 is 0. The van der Waals surface area contributed by atoms with Gasteiger partial charge in [-0.2, -0.15) is 10.5 Å². The van der Waals surface area contributed by atoms with Crippen LogP contribution in [0.15, 0.2) is 57.8 Å². The Morgan fingerprint density at radius 3 is 1.34 bits per heavy atom. The molecule has 2 N–H and O–H groups in total. The second kappa shape index (κ2) is 14.8. The van der Waals surface area contributed by atoms with Crippen molar-refractivity contribution in [3.05, 3.63) is 58.9 Å². The van der Waals surface area contributed by atoms with E-state index in [1.165, 1.54) is 12.4 Å². The van der Waals surface area contributed by atoms with Crippen LogP contribution in [0.4, 0.5) is 11.4 Å². The predicted molar refractivity (Wildman–Crippen MR) is 137 cm³/mol. The molecule has 0 saturated heterocycles. The molecule has 2 aromatic rings. The van der Waals surface area contributed by atoms with Crippen LogP contribution < -0.4 is 9.80 Å². The van der Waals surface area contributed by atoms with Crippen LogP contribution in [0.5, 0.6) is 11.5 Å². The summed E-state index contributed by atoms with van der Waals surface area (Å²) in [5.74, 6) is 0.0383. The fourth-order valence-corrected chi connectivity index (χ4v) is 3.41. The standard InChI is InChI=1S/C26H30N6O2.Cd/c1-5-31(6-2)21-11-9-19(25(33)13-21)17-29-23(15-27)24(16-28)30-18-20-10-12-22(14-26(20)34)32(7-3)8-4;/h9-14,17-18,33-34H,5-8H2,1-4H3;/b24-23-,29-17?,30-18?;. The fourth-order valence-electron chi connectivity index (χ4n) is 3.41. The number of phenolic OH excluding ortho intramolecular Hbond substituents is 2. The van der Waals surface area contributed by atoms with Crippen LogP contribution >= 0.6 is 0 Å². The largest absolute Gasteiger partial charge is 0.507 e. The van der Waals surface area contributed by atoms with Gasteiger partial charge in [0.2, 0.25) is 0 Å². The Kier molecular flexibility index (Phi) is 12.5. The molecule has 0 bridgehead atoms. The summed E-state index contributed by atoms with van der Waals surface area (Å²) >= 11 is 0. The third-order valence-electron chi connectivity index (χ3n) is 5.39. The van der Waals surface area contributed by atoms with Crippen molar-refractivity contribution < 1.29 is 37.5 Å². The van der Waals surface area contributed by atoms with E-state index in [0.717, 1.165) is 37.6 Å². The quantitative estimate of drug-likeness (QED) is 0.245. The average molecular weight is 571 g/mol. The van der Waals surface area contributed by atoms with Gasteiger partial charge in [0.15, 0.2) is 11.4 Å².